The van der Waals surface area contributed by atoms with Crippen LogP contribution in [-0.4, -0.2) is 40.0 Å². The molecule has 6 nitrogen and oxygen atoms in total. The summed E-state index contributed by atoms with van der Waals surface area (Å²) in [6, 6.07) is 3.42. The Labute approximate surface area is 110 Å². The average Bonchev–Trinajstić information content (AvgIpc) is 2.79. The molecule has 1 N–H and O–H groups in total. The van der Waals surface area contributed by atoms with Crippen molar-refractivity contribution in [2.75, 3.05) is 13.2 Å². The molecule has 2 heterocycles. The van der Waals surface area contributed by atoms with E-state index in [0.29, 0.717) is 23.4 Å². The van der Waals surface area contributed by atoms with Crippen LogP contribution in [0.3, 0.4) is 0 Å². The van der Waals surface area contributed by atoms with Crippen LogP contribution in [-0.2, 0) is 4.74 Å². The van der Waals surface area contributed by atoms with Crippen molar-refractivity contribution in [1.29, 1.82) is 0 Å². The van der Waals surface area contributed by atoms with Crippen LogP contribution in [0.25, 0.3) is 5.52 Å². The minimum Gasteiger partial charge on any atom is -0.491 e. The Balaban J connectivity index is 2.29. The first-order chi connectivity index (χ1) is 9.11. The molecule has 6 heteroatoms. The smallest absolute Gasteiger partial charge is 0.341 e. The Morgan fingerprint density at radius 1 is 1.58 bits per heavy atom. The van der Waals surface area contributed by atoms with E-state index in [1.54, 1.807) is 36.7 Å². The highest BCUT2D eigenvalue weighted by Gasteiger charge is 2.14. The van der Waals surface area contributed by atoms with Crippen molar-refractivity contribution >= 4 is 11.5 Å². The van der Waals surface area contributed by atoms with Crippen LogP contribution < -0.4 is 4.74 Å². The van der Waals surface area contributed by atoms with Crippen LogP contribution in [0.1, 0.15) is 24.2 Å². The molecular weight excluding hydrogens is 248 g/mol. The SMILES string of the molecule is CCOC(=O)c1cnn2ccc(OCC(C)O)cc12. The Bertz CT molecular complexity index is 577. The van der Waals surface area contributed by atoms with Gasteiger partial charge in [0.25, 0.3) is 0 Å². The van der Waals surface area contributed by atoms with Crippen LogP contribution >= 0.6 is 0 Å². The van der Waals surface area contributed by atoms with Gasteiger partial charge in [0.05, 0.1) is 24.4 Å². The molecule has 2 aromatic rings. The Hall–Kier alpha value is -2.08. The minimum absolute atomic E-state index is 0.194. The summed E-state index contributed by atoms with van der Waals surface area (Å²) < 4.78 is 11.9. The number of hydrogen-bond acceptors (Lipinski definition) is 5. The van der Waals surface area contributed by atoms with Gasteiger partial charge in [-0.25, -0.2) is 9.31 Å². The Morgan fingerprint density at radius 2 is 2.37 bits per heavy atom. The van der Waals surface area contributed by atoms with Crippen molar-refractivity contribution in [3.63, 3.8) is 0 Å². The average molecular weight is 264 g/mol. The number of pyridine rings is 1. The molecule has 102 valence electrons. The first-order valence-corrected chi connectivity index (χ1v) is 6.07. The molecule has 19 heavy (non-hydrogen) atoms. The van der Waals surface area contributed by atoms with Crippen molar-refractivity contribution < 1.29 is 19.4 Å². The lowest BCUT2D eigenvalue weighted by Gasteiger charge is -2.08. The fourth-order valence-electron chi connectivity index (χ4n) is 1.63. The van der Waals surface area contributed by atoms with Crippen molar-refractivity contribution in [1.82, 2.24) is 9.61 Å². The van der Waals surface area contributed by atoms with E-state index in [1.807, 2.05) is 0 Å². The molecule has 0 radical (unpaired) electrons. The van der Waals surface area contributed by atoms with E-state index < -0.39 is 12.1 Å². The zero-order valence-electron chi connectivity index (χ0n) is 10.9. The third-order valence-electron chi connectivity index (χ3n) is 2.48. The van der Waals surface area contributed by atoms with Crippen molar-refractivity contribution in [3.05, 3.63) is 30.1 Å². The monoisotopic (exact) mass is 264 g/mol. The molecule has 0 spiro atoms. The Kier molecular flexibility index (Phi) is 4.01. The van der Waals surface area contributed by atoms with Gasteiger partial charge in [0.2, 0.25) is 0 Å². The molecule has 0 amide bonds. The number of carbonyl (C=O) groups is 1. The molecular formula is C13H16N2O4. The summed E-state index contributed by atoms with van der Waals surface area (Å²) in [4.78, 5) is 11.7. The van der Waals surface area contributed by atoms with Gasteiger partial charge in [-0.15, -0.1) is 0 Å². The second-order valence-electron chi connectivity index (χ2n) is 4.13. The summed E-state index contributed by atoms with van der Waals surface area (Å²) in [5, 5.41) is 13.3. The molecule has 2 rings (SSSR count). The van der Waals surface area contributed by atoms with Gasteiger partial charge in [0, 0.05) is 12.3 Å². The fraction of sp³-hybridized carbons (Fsp3) is 0.385. The van der Waals surface area contributed by atoms with Crippen LogP contribution in [0.4, 0.5) is 0 Å². The number of hydrogen-bond donors (Lipinski definition) is 1. The van der Waals surface area contributed by atoms with E-state index in [1.165, 1.54) is 6.20 Å². The predicted molar refractivity (Wildman–Crippen MR) is 68.3 cm³/mol. The maximum Gasteiger partial charge on any atom is 0.341 e. The van der Waals surface area contributed by atoms with Gasteiger partial charge in [0.1, 0.15) is 17.9 Å². The number of aliphatic hydroxyl groups is 1. The van der Waals surface area contributed by atoms with E-state index in [-0.39, 0.29) is 6.61 Å². The van der Waals surface area contributed by atoms with E-state index in [0.717, 1.165) is 0 Å². The van der Waals surface area contributed by atoms with Gasteiger partial charge >= 0.3 is 5.97 Å². The molecule has 1 atom stereocenters. The maximum absolute atomic E-state index is 11.7. The topological polar surface area (TPSA) is 73.1 Å². The molecule has 0 bridgehead atoms. The highest BCUT2D eigenvalue weighted by Crippen LogP contribution is 2.18. The van der Waals surface area contributed by atoms with E-state index in [2.05, 4.69) is 5.10 Å². The lowest BCUT2D eigenvalue weighted by Crippen LogP contribution is -2.12. The van der Waals surface area contributed by atoms with Gasteiger partial charge in [-0.05, 0) is 19.9 Å². The summed E-state index contributed by atoms with van der Waals surface area (Å²) in [7, 11) is 0. The number of esters is 1. The lowest BCUT2D eigenvalue weighted by molar-refractivity contribution is 0.0528. The van der Waals surface area contributed by atoms with Crippen molar-refractivity contribution in [3.8, 4) is 5.75 Å². The maximum atomic E-state index is 11.7. The normalized spacial score (nSPS) is 12.4. The summed E-state index contributed by atoms with van der Waals surface area (Å²) >= 11 is 0. The summed E-state index contributed by atoms with van der Waals surface area (Å²) in [5.41, 5.74) is 1.01. The molecule has 0 aliphatic heterocycles. The van der Waals surface area contributed by atoms with Crippen molar-refractivity contribution in [2.45, 2.75) is 20.0 Å². The number of rotatable bonds is 5. The molecule has 0 saturated heterocycles. The number of carbonyl (C=O) groups excluding carboxylic acids is 1. The lowest BCUT2D eigenvalue weighted by atomic mass is 10.2. The zero-order chi connectivity index (χ0) is 13.8. The third-order valence-corrected chi connectivity index (χ3v) is 2.48. The number of ether oxygens (including phenoxy) is 2. The predicted octanol–water partition coefficient (Wildman–Crippen LogP) is 1.27. The number of aliphatic hydroxyl groups excluding tert-OH is 1. The first-order valence-electron chi connectivity index (χ1n) is 6.07. The van der Waals surface area contributed by atoms with Crippen LogP contribution in [0.5, 0.6) is 5.75 Å². The summed E-state index contributed by atoms with van der Waals surface area (Å²) in [6.45, 7) is 3.90. The van der Waals surface area contributed by atoms with Crippen molar-refractivity contribution in [2.24, 2.45) is 0 Å². The molecule has 2 aromatic heterocycles. The molecule has 0 aliphatic carbocycles. The van der Waals surface area contributed by atoms with E-state index >= 15 is 0 Å². The van der Waals surface area contributed by atoms with Gasteiger partial charge < -0.3 is 14.6 Å². The molecule has 1 unspecified atom stereocenters. The molecule has 0 fully saturated rings. The van der Waals surface area contributed by atoms with Crippen LogP contribution in [0.15, 0.2) is 24.5 Å². The Morgan fingerprint density at radius 3 is 3.05 bits per heavy atom. The van der Waals surface area contributed by atoms with Crippen LogP contribution in [0.2, 0.25) is 0 Å². The number of nitrogens with zero attached hydrogens (tertiary/aromatic N) is 2. The zero-order valence-corrected chi connectivity index (χ0v) is 10.9. The second kappa shape index (κ2) is 5.71. The third kappa shape index (κ3) is 3.03. The number of fused-ring (bicyclic) bond motifs is 1. The standard InChI is InChI=1S/C13H16N2O4/c1-3-18-13(17)11-7-14-15-5-4-10(6-12(11)15)19-8-9(2)16/h4-7,9,16H,3,8H2,1-2H3. The quantitative estimate of drug-likeness (QED) is 0.823. The first kappa shape index (κ1) is 13.4. The second-order valence-corrected chi connectivity index (χ2v) is 4.13. The highest BCUT2D eigenvalue weighted by atomic mass is 16.5. The van der Waals surface area contributed by atoms with Gasteiger partial charge in [-0.2, -0.15) is 5.10 Å². The summed E-state index contributed by atoms with van der Waals surface area (Å²) in [6.07, 6.45) is 2.60. The molecule has 0 aliphatic rings. The highest BCUT2D eigenvalue weighted by molar-refractivity contribution is 5.96. The molecule has 0 saturated carbocycles. The molecule has 0 aromatic carbocycles. The van der Waals surface area contributed by atoms with E-state index in [4.69, 9.17) is 9.47 Å². The van der Waals surface area contributed by atoms with Gasteiger partial charge in [-0.3, -0.25) is 0 Å². The van der Waals surface area contributed by atoms with Gasteiger partial charge in [0.15, 0.2) is 0 Å². The van der Waals surface area contributed by atoms with Gasteiger partial charge in [-0.1, -0.05) is 0 Å². The fourth-order valence-corrected chi connectivity index (χ4v) is 1.63. The summed E-state index contributed by atoms with van der Waals surface area (Å²) in [5.74, 6) is 0.157. The number of aromatic nitrogens is 2. The largest absolute Gasteiger partial charge is 0.491 e. The minimum atomic E-state index is -0.550. The van der Waals surface area contributed by atoms with E-state index in [9.17, 15) is 9.90 Å². The van der Waals surface area contributed by atoms with Crippen LogP contribution in [0, 0.1) is 0 Å².